The van der Waals surface area contributed by atoms with Crippen molar-refractivity contribution in [3.8, 4) is 0 Å². The highest BCUT2D eigenvalue weighted by atomic mass is 19.1. The van der Waals surface area contributed by atoms with Crippen molar-refractivity contribution in [3.05, 3.63) is 33.6 Å². The van der Waals surface area contributed by atoms with Crippen molar-refractivity contribution in [2.75, 3.05) is 5.73 Å². The number of carbonyl (C=O) groups excluding carboxylic acids is 1. The molecule has 0 saturated carbocycles. The normalized spacial score (nSPS) is 11.9. The lowest BCUT2D eigenvalue weighted by atomic mass is 10.1. The van der Waals surface area contributed by atoms with Gasteiger partial charge in [0.05, 0.1) is 16.6 Å². The first-order chi connectivity index (χ1) is 8.36. The molecule has 0 spiro atoms. The molecule has 0 saturated heterocycles. The fourth-order valence-corrected chi connectivity index (χ4v) is 1.35. The van der Waals surface area contributed by atoms with Crippen molar-refractivity contribution in [3.63, 3.8) is 0 Å². The Morgan fingerprint density at radius 2 is 2.22 bits per heavy atom. The van der Waals surface area contributed by atoms with Gasteiger partial charge < -0.3 is 11.1 Å². The number of anilines is 1. The minimum Gasteiger partial charge on any atom is -0.393 e. The fraction of sp³-hybridized carbons (Fsp3) is 0.364. The number of nitrogens with zero attached hydrogens (tertiary/aromatic N) is 1. The van der Waals surface area contributed by atoms with Gasteiger partial charge in [-0.3, -0.25) is 14.9 Å². The van der Waals surface area contributed by atoms with E-state index in [0.717, 1.165) is 6.07 Å². The molecule has 0 aliphatic carbocycles. The van der Waals surface area contributed by atoms with E-state index in [0.29, 0.717) is 12.5 Å². The summed E-state index contributed by atoms with van der Waals surface area (Å²) in [7, 11) is 0. The van der Waals surface area contributed by atoms with Gasteiger partial charge in [0.1, 0.15) is 11.5 Å². The Bertz CT molecular complexity index is 491. The van der Waals surface area contributed by atoms with Gasteiger partial charge in [0.25, 0.3) is 11.6 Å². The van der Waals surface area contributed by atoms with Gasteiger partial charge in [-0.15, -0.1) is 0 Å². The molecule has 1 aromatic carbocycles. The van der Waals surface area contributed by atoms with Crippen LogP contribution in [0.3, 0.4) is 0 Å². The second kappa shape index (κ2) is 5.44. The van der Waals surface area contributed by atoms with E-state index < -0.39 is 22.3 Å². The lowest BCUT2D eigenvalue weighted by molar-refractivity contribution is -0.384. The van der Waals surface area contributed by atoms with Gasteiger partial charge in [-0.05, 0) is 19.4 Å². The van der Waals surface area contributed by atoms with Crippen molar-refractivity contribution >= 4 is 17.3 Å². The van der Waals surface area contributed by atoms with Gasteiger partial charge in [-0.2, -0.15) is 0 Å². The Balaban J connectivity index is 3.16. The number of hydrogen-bond acceptors (Lipinski definition) is 4. The number of nitro groups is 1. The number of carbonyl (C=O) groups is 1. The first kappa shape index (κ1) is 13.9. The molecule has 0 bridgehead atoms. The number of amides is 1. The zero-order valence-corrected chi connectivity index (χ0v) is 10.1. The minimum absolute atomic E-state index is 0.126. The van der Waals surface area contributed by atoms with Crippen molar-refractivity contribution in [2.24, 2.45) is 0 Å². The maximum absolute atomic E-state index is 13.2. The fourth-order valence-electron chi connectivity index (χ4n) is 1.35. The van der Waals surface area contributed by atoms with Crippen LogP contribution in [-0.2, 0) is 0 Å². The number of rotatable bonds is 4. The number of hydrogen-bond donors (Lipinski definition) is 2. The SMILES string of the molecule is CCC(C)NC(=O)c1cc(F)cc([N+](=O)[O-])c1N. The van der Waals surface area contributed by atoms with Gasteiger partial charge in [0, 0.05) is 6.04 Å². The molecule has 1 atom stereocenters. The highest BCUT2D eigenvalue weighted by Crippen LogP contribution is 2.26. The van der Waals surface area contributed by atoms with Crippen molar-refractivity contribution in [1.29, 1.82) is 0 Å². The predicted octanol–water partition coefficient (Wildman–Crippen LogP) is 1.84. The van der Waals surface area contributed by atoms with Crippen LogP contribution in [0.15, 0.2) is 12.1 Å². The van der Waals surface area contributed by atoms with Gasteiger partial charge in [0.15, 0.2) is 0 Å². The van der Waals surface area contributed by atoms with Crippen LogP contribution in [-0.4, -0.2) is 16.9 Å². The molecule has 18 heavy (non-hydrogen) atoms. The van der Waals surface area contributed by atoms with Crippen LogP contribution in [0.4, 0.5) is 15.8 Å². The van der Waals surface area contributed by atoms with Gasteiger partial charge in [-0.1, -0.05) is 6.92 Å². The molecule has 3 N–H and O–H groups in total. The summed E-state index contributed by atoms with van der Waals surface area (Å²) in [6, 6.07) is 1.45. The number of nitrogens with two attached hydrogens (primary N) is 1. The molecule has 1 unspecified atom stereocenters. The van der Waals surface area contributed by atoms with Crippen LogP contribution in [0, 0.1) is 15.9 Å². The van der Waals surface area contributed by atoms with E-state index in [4.69, 9.17) is 5.73 Å². The van der Waals surface area contributed by atoms with E-state index in [1.165, 1.54) is 0 Å². The lowest BCUT2D eigenvalue weighted by Gasteiger charge is -2.12. The summed E-state index contributed by atoms with van der Waals surface area (Å²) >= 11 is 0. The molecule has 1 aromatic rings. The molecule has 0 aliphatic heterocycles. The molecule has 7 heteroatoms. The van der Waals surface area contributed by atoms with Crippen LogP contribution < -0.4 is 11.1 Å². The zero-order chi connectivity index (χ0) is 13.9. The molecule has 0 heterocycles. The average molecular weight is 255 g/mol. The van der Waals surface area contributed by atoms with Crippen LogP contribution in [0.1, 0.15) is 30.6 Å². The number of benzene rings is 1. The van der Waals surface area contributed by atoms with E-state index in [1.54, 1.807) is 6.92 Å². The maximum atomic E-state index is 13.2. The predicted molar refractivity (Wildman–Crippen MR) is 64.7 cm³/mol. The van der Waals surface area contributed by atoms with Gasteiger partial charge in [0.2, 0.25) is 0 Å². The van der Waals surface area contributed by atoms with Gasteiger partial charge >= 0.3 is 0 Å². The summed E-state index contributed by atoms with van der Waals surface area (Å²) in [5.41, 5.74) is 4.34. The van der Waals surface area contributed by atoms with E-state index >= 15 is 0 Å². The standard InChI is InChI=1S/C11H14FN3O3/c1-3-6(2)14-11(16)8-4-7(12)5-9(10(8)13)15(17)18/h4-6H,3,13H2,1-2H3,(H,14,16). The van der Waals surface area contributed by atoms with E-state index in [1.807, 2.05) is 6.92 Å². The Morgan fingerprint density at radius 3 is 2.72 bits per heavy atom. The minimum atomic E-state index is -0.870. The molecule has 6 nitrogen and oxygen atoms in total. The van der Waals surface area contributed by atoms with Crippen LogP contribution in [0.2, 0.25) is 0 Å². The molecule has 1 amide bonds. The summed E-state index contributed by atoms with van der Waals surface area (Å²) in [5, 5.41) is 13.2. The number of nitro benzene ring substituents is 1. The van der Waals surface area contributed by atoms with Crippen molar-refractivity contribution in [1.82, 2.24) is 5.32 Å². The second-order valence-corrected chi connectivity index (χ2v) is 3.93. The molecule has 98 valence electrons. The summed E-state index contributed by atoms with van der Waals surface area (Å²) in [6.07, 6.45) is 0.684. The van der Waals surface area contributed by atoms with Crippen molar-refractivity contribution in [2.45, 2.75) is 26.3 Å². The average Bonchev–Trinajstić information content (AvgIpc) is 2.30. The van der Waals surface area contributed by atoms with Gasteiger partial charge in [-0.25, -0.2) is 4.39 Å². The smallest absolute Gasteiger partial charge is 0.295 e. The van der Waals surface area contributed by atoms with E-state index in [9.17, 15) is 19.3 Å². The molecular formula is C11H14FN3O3. The highest BCUT2D eigenvalue weighted by molar-refractivity contribution is 6.01. The number of nitrogen functional groups attached to an aromatic ring is 1. The van der Waals surface area contributed by atoms with E-state index in [2.05, 4.69) is 5.32 Å². The Hall–Kier alpha value is -2.18. The zero-order valence-electron chi connectivity index (χ0n) is 10.1. The highest BCUT2D eigenvalue weighted by Gasteiger charge is 2.22. The summed E-state index contributed by atoms with van der Waals surface area (Å²) in [5.74, 6) is -1.49. The third-order valence-corrected chi connectivity index (χ3v) is 2.55. The van der Waals surface area contributed by atoms with Crippen LogP contribution in [0.25, 0.3) is 0 Å². The molecule has 0 aliphatic rings. The molecule has 0 fully saturated rings. The Labute approximate surface area is 103 Å². The molecule has 1 rings (SSSR count). The topological polar surface area (TPSA) is 98.3 Å². The largest absolute Gasteiger partial charge is 0.393 e. The van der Waals surface area contributed by atoms with Crippen LogP contribution in [0.5, 0.6) is 0 Å². The summed E-state index contributed by atoms with van der Waals surface area (Å²) in [4.78, 5) is 21.6. The van der Waals surface area contributed by atoms with E-state index in [-0.39, 0.29) is 17.3 Å². The Kier molecular flexibility index (Phi) is 4.19. The number of nitrogens with one attached hydrogen (secondary N) is 1. The van der Waals surface area contributed by atoms with Crippen molar-refractivity contribution < 1.29 is 14.1 Å². The first-order valence-electron chi connectivity index (χ1n) is 5.41. The molecular weight excluding hydrogens is 241 g/mol. The number of halogens is 1. The third-order valence-electron chi connectivity index (χ3n) is 2.55. The van der Waals surface area contributed by atoms with Crippen LogP contribution >= 0.6 is 0 Å². The second-order valence-electron chi connectivity index (χ2n) is 3.93. The summed E-state index contributed by atoms with van der Waals surface area (Å²) < 4.78 is 13.2. The lowest BCUT2D eigenvalue weighted by Crippen LogP contribution is -2.32. The quantitative estimate of drug-likeness (QED) is 0.487. The first-order valence-corrected chi connectivity index (χ1v) is 5.41. The third kappa shape index (κ3) is 2.93. The summed E-state index contributed by atoms with van der Waals surface area (Å²) in [6.45, 7) is 3.63. The Morgan fingerprint density at radius 1 is 1.61 bits per heavy atom. The molecule has 0 aromatic heterocycles. The monoisotopic (exact) mass is 255 g/mol. The maximum Gasteiger partial charge on any atom is 0.295 e. The molecule has 0 radical (unpaired) electrons.